The highest BCUT2D eigenvalue weighted by Crippen LogP contribution is 2.36. The molecule has 4 rings (SSSR count). The zero-order valence-corrected chi connectivity index (χ0v) is 14.2. The van der Waals surface area contributed by atoms with E-state index in [-0.39, 0.29) is 0 Å². The van der Waals surface area contributed by atoms with Gasteiger partial charge in [0.15, 0.2) is 5.76 Å². The second-order valence-corrected chi connectivity index (χ2v) is 5.87. The summed E-state index contributed by atoms with van der Waals surface area (Å²) in [5.74, 6) is 3.83. The van der Waals surface area contributed by atoms with Gasteiger partial charge in [0.25, 0.3) is 0 Å². The monoisotopic (exact) mass is 335 g/mol. The van der Waals surface area contributed by atoms with Gasteiger partial charge in [0.05, 0.1) is 0 Å². The molecule has 3 aromatic carbocycles. The number of rotatable bonds is 4. The number of para-hydroxylation sites is 2. The van der Waals surface area contributed by atoms with Crippen LogP contribution in [-0.4, -0.2) is 0 Å². The number of benzene rings is 3. The van der Waals surface area contributed by atoms with Gasteiger partial charge in [-0.05, 0) is 54.5 Å². The third-order valence-electron chi connectivity index (χ3n) is 4.17. The van der Waals surface area contributed by atoms with E-state index >= 15 is 0 Å². The molecule has 124 valence electrons. The predicted molar refractivity (Wildman–Crippen MR) is 107 cm³/mol. The Bertz CT molecular complexity index is 1000. The summed E-state index contributed by atoms with van der Waals surface area (Å²) in [6.07, 6.45) is 5.42. The number of terminal acetylenes is 1. The van der Waals surface area contributed by atoms with Crippen molar-refractivity contribution in [1.82, 2.24) is 0 Å². The molecule has 0 saturated heterocycles. The van der Waals surface area contributed by atoms with E-state index in [4.69, 9.17) is 10.8 Å². The molecule has 2 heteroatoms. The molecular weight excluding hydrogens is 318 g/mol. The maximum Gasteiger partial charge on any atom is 0.177 e. The summed E-state index contributed by atoms with van der Waals surface area (Å²) in [5.41, 5.74) is 4.23. The summed E-state index contributed by atoms with van der Waals surface area (Å²) < 4.78 is 5.71. The molecule has 26 heavy (non-hydrogen) atoms. The Kier molecular flexibility index (Phi) is 4.28. The number of hydrogen-bond acceptors (Lipinski definition) is 2. The van der Waals surface area contributed by atoms with Gasteiger partial charge in [-0.3, -0.25) is 0 Å². The van der Waals surface area contributed by atoms with Gasteiger partial charge in [-0.15, -0.1) is 6.42 Å². The van der Waals surface area contributed by atoms with E-state index in [1.54, 1.807) is 0 Å². The first-order valence-corrected chi connectivity index (χ1v) is 8.42. The van der Waals surface area contributed by atoms with Gasteiger partial charge in [0, 0.05) is 22.6 Å². The summed E-state index contributed by atoms with van der Waals surface area (Å²) in [7, 11) is 0. The summed E-state index contributed by atoms with van der Waals surface area (Å²) in [5, 5.41) is 0. The predicted octanol–water partition coefficient (Wildman–Crippen LogP) is 6.40. The molecule has 0 saturated carbocycles. The van der Waals surface area contributed by atoms with E-state index in [1.807, 2.05) is 60.7 Å². The Morgan fingerprint density at radius 3 is 1.85 bits per heavy atom. The summed E-state index contributed by atoms with van der Waals surface area (Å²) >= 11 is 0. The maximum atomic E-state index is 5.71. The van der Waals surface area contributed by atoms with Crippen LogP contribution in [0.25, 0.3) is 11.3 Å². The van der Waals surface area contributed by atoms with Crippen LogP contribution in [0, 0.1) is 12.3 Å². The largest absolute Gasteiger partial charge is 0.448 e. The zero-order valence-electron chi connectivity index (χ0n) is 14.2. The fourth-order valence-corrected chi connectivity index (χ4v) is 2.97. The van der Waals surface area contributed by atoms with Crippen molar-refractivity contribution in [3.05, 3.63) is 103 Å². The molecule has 0 aliphatic heterocycles. The van der Waals surface area contributed by atoms with Crippen molar-refractivity contribution in [2.75, 3.05) is 4.90 Å². The van der Waals surface area contributed by atoms with Gasteiger partial charge in [-0.25, -0.2) is 0 Å². The van der Waals surface area contributed by atoms with Crippen LogP contribution in [0.15, 0.2) is 101 Å². The van der Waals surface area contributed by atoms with E-state index < -0.39 is 0 Å². The highest BCUT2D eigenvalue weighted by atomic mass is 16.3. The Balaban J connectivity index is 1.82. The molecule has 2 nitrogen and oxygen atoms in total. The van der Waals surface area contributed by atoms with Crippen molar-refractivity contribution < 1.29 is 4.42 Å². The average Bonchev–Trinajstić information content (AvgIpc) is 3.20. The molecule has 0 N–H and O–H groups in total. The van der Waals surface area contributed by atoms with Crippen molar-refractivity contribution in [3.8, 4) is 23.7 Å². The van der Waals surface area contributed by atoms with Crippen LogP contribution in [-0.2, 0) is 0 Å². The van der Waals surface area contributed by atoms with Crippen molar-refractivity contribution in [2.45, 2.75) is 0 Å². The first-order valence-electron chi connectivity index (χ1n) is 8.42. The fourth-order valence-electron chi connectivity index (χ4n) is 2.97. The SMILES string of the molecule is C#Cc1ccc(-c2cccc(N(c3ccccc3)c3ccccc3)c2)o1. The first kappa shape index (κ1) is 15.8. The molecular formula is C24H17NO. The third kappa shape index (κ3) is 3.11. The highest BCUT2D eigenvalue weighted by molar-refractivity contribution is 5.79. The van der Waals surface area contributed by atoms with E-state index in [0.29, 0.717) is 5.76 Å². The number of anilines is 3. The summed E-state index contributed by atoms with van der Waals surface area (Å²) in [6.45, 7) is 0. The number of nitrogens with zero attached hydrogens (tertiary/aromatic N) is 1. The maximum absolute atomic E-state index is 5.71. The van der Waals surface area contributed by atoms with Gasteiger partial charge >= 0.3 is 0 Å². The van der Waals surface area contributed by atoms with Crippen LogP contribution < -0.4 is 4.90 Å². The lowest BCUT2D eigenvalue weighted by Crippen LogP contribution is -2.09. The molecule has 0 bridgehead atoms. The Morgan fingerprint density at radius 2 is 1.27 bits per heavy atom. The van der Waals surface area contributed by atoms with Gasteiger partial charge in [0.1, 0.15) is 5.76 Å². The molecule has 0 amide bonds. The average molecular weight is 335 g/mol. The smallest absolute Gasteiger partial charge is 0.177 e. The molecule has 0 aliphatic carbocycles. The van der Waals surface area contributed by atoms with Gasteiger partial charge in [-0.2, -0.15) is 0 Å². The second kappa shape index (κ2) is 7.04. The highest BCUT2D eigenvalue weighted by Gasteiger charge is 2.13. The molecule has 0 spiro atoms. The fraction of sp³-hybridized carbons (Fsp3) is 0. The Hall–Kier alpha value is -3.70. The second-order valence-electron chi connectivity index (χ2n) is 5.87. The molecule has 0 radical (unpaired) electrons. The van der Waals surface area contributed by atoms with Crippen LogP contribution in [0.1, 0.15) is 5.76 Å². The first-order chi connectivity index (χ1) is 12.8. The standard InChI is InChI=1S/C24H17NO/c1-2-23-16-17-24(26-23)19-10-9-15-22(18-19)25(20-11-5-3-6-12-20)21-13-7-4-8-14-21/h1,3-18H. The van der Waals surface area contributed by atoms with E-state index in [0.717, 1.165) is 28.4 Å². The van der Waals surface area contributed by atoms with Crippen LogP contribution in [0.2, 0.25) is 0 Å². The topological polar surface area (TPSA) is 16.4 Å². The molecule has 1 heterocycles. The number of hydrogen-bond donors (Lipinski definition) is 0. The van der Waals surface area contributed by atoms with Crippen molar-refractivity contribution in [1.29, 1.82) is 0 Å². The molecule has 0 unspecified atom stereocenters. The Morgan fingerprint density at radius 1 is 0.654 bits per heavy atom. The Labute approximate surface area is 153 Å². The minimum Gasteiger partial charge on any atom is -0.448 e. The van der Waals surface area contributed by atoms with E-state index in [2.05, 4.69) is 47.2 Å². The van der Waals surface area contributed by atoms with Gasteiger partial charge < -0.3 is 9.32 Å². The molecule has 4 aromatic rings. The van der Waals surface area contributed by atoms with Crippen molar-refractivity contribution in [3.63, 3.8) is 0 Å². The minimum atomic E-state index is 0.536. The van der Waals surface area contributed by atoms with Crippen molar-refractivity contribution in [2.24, 2.45) is 0 Å². The quantitative estimate of drug-likeness (QED) is 0.401. The lowest BCUT2D eigenvalue weighted by molar-refractivity contribution is 0.569. The van der Waals surface area contributed by atoms with Crippen LogP contribution >= 0.6 is 0 Å². The number of furan rings is 1. The van der Waals surface area contributed by atoms with E-state index in [1.165, 1.54) is 0 Å². The van der Waals surface area contributed by atoms with Crippen LogP contribution in [0.4, 0.5) is 17.1 Å². The lowest BCUT2D eigenvalue weighted by atomic mass is 10.1. The molecule has 1 aromatic heterocycles. The van der Waals surface area contributed by atoms with E-state index in [9.17, 15) is 0 Å². The van der Waals surface area contributed by atoms with Gasteiger partial charge in [-0.1, -0.05) is 48.5 Å². The molecule has 0 fully saturated rings. The summed E-state index contributed by atoms with van der Waals surface area (Å²) in [4.78, 5) is 2.22. The minimum absolute atomic E-state index is 0.536. The molecule has 0 atom stereocenters. The lowest BCUT2D eigenvalue weighted by Gasteiger charge is -2.25. The normalized spacial score (nSPS) is 10.3. The van der Waals surface area contributed by atoms with Crippen molar-refractivity contribution >= 4 is 17.1 Å². The van der Waals surface area contributed by atoms with Crippen LogP contribution in [0.3, 0.4) is 0 Å². The van der Waals surface area contributed by atoms with Crippen LogP contribution in [0.5, 0.6) is 0 Å². The zero-order chi connectivity index (χ0) is 17.8. The van der Waals surface area contributed by atoms with Gasteiger partial charge in [0.2, 0.25) is 0 Å². The molecule has 0 aliphatic rings. The third-order valence-corrected chi connectivity index (χ3v) is 4.17. The summed E-state index contributed by atoms with van der Waals surface area (Å²) in [6, 6.07) is 32.6.